The van der Waals surface area contributed by atoms with Crippen LogP contribution in [0, 0.1) is 0 Å². The van der Waals surface area contributed by atoms with Crippen molar-refractivity contribution in [2.45, 2.75) is 79.6 Å². The minimum atomic E-state index is -0.326. The lowest BCUT2D eigenvalue weighted by Crippen LogP contribution is -2.08. The van der Waals surface area contributed by atoms with Crippen molar-refractivity contribution < 1.29 is 9.53 Å². The highest BCUT2D eigenvalue weighted by atomic mass is 35.5. The van der Waals surface area contributed by atoms with Crippen LogP contribution in [0.4, 0.5) is 0 Å². The summed E-state index contributed by atoms with van der Waals surface area (Å²) in [5.74, 6) is -0.326. The van der Waals surface area contributed by atoms with Gasteiger partial charge in [0.25, 0.3) is 0 Å². The maximum Gasteiger partial charge on any atom is 0.310 e. The molecule has 1 aromatic carbocycles. The third kappa shape index (κ3) is 13.7. The van der Waals surface area contributed by atoms with E-state index < -0.39 is 0 Å². The summed E-state index contributed by atoms with van der Waals surface area (Å²) in [7, 11) is 0. The van der Waals surface area contributed by atoms with E-state index in [-0.39, 0.29) is 19.0 Å². The van der Waals surface area contributed by atoms with E-state index in [4.69, 9.17) is 39.5 Å². The molecule has 0 N–H and O–H groups in total. The Hall–Kier alpha value is -1.48. The van der Waals surface area contributed by atoms with E-state index in [9.17, 15) is 4.79 Å². The van der Waals surface area contributed by atoms with Crippen LogP contribution in [0.25, 0.3) is 0 Å². The molecule has 0 amide bonds. The zero-order valence-corrected chi connectivity index (χ0v) is 22.8. The summed E-state index contributed by atoms with van der Waals surface area (Å²) in [4.78, 5) is 12.1. The van der Waals surface area contributed by atoms with Crippen LogP contribution in [0.15, 0.2) is 58.7 Å². The summed E-state index contributed by atoms with van der Waals surface area (Å²) in [6.45, 7) is 11.0. The second kappa shape index (κ2) is 16.2. The Kier molecular flexibility index (Phi) is 14.5. The van der Waals surface area contributed by atoms with Gasteiger partial charge in [0, 0.05) is 0 Å². The number of rotatable bonds is 13. The third-order valence-corrected chi connectivity index (χ3v) is 6.42. The first-order valence-electron chi connectivity index (χ1n) is 11.5. The van der Waals surface area contributed by atoms with Crippen LogP contribution in [-0.4, -0.2) is 12.6 Å². The van der Waals surface area contributed by atoms with Crippen molar-refractivity contribution in [2.24, 2.45) is 0 Å². The molecule has 0 aliphatic rings. The van der Waals surface area contributed by atoms with Gasteiger partial charge in [-0.25, -0.2) is 0 Å². The highest BCUT2D eigenvalue weighted by molar-refractivity contribution is 6.48. The molecule has 0 spiro atoms. The maximum absolute atomic E-state index is 12.1. The lowest BCUT2D eigenvalue weighted by Gasteiger charge is -2.06. The zero-order chi connectivity index (χ0) is 24.8. The highest BCUT2D eigenvalue weighted by Gasteiger charge is 2.10. The van der Waals surface area contributed by atoms with Crippen LogP contribution < -0.4 is 0 Å². The van der Waals surface area contributed by atoms with Crippen molar-refractivity contribution in [2.75, 3.05) is 6.61 Å². The minimum Gasteiger partial charge on any atom is -0.461 e. The number of carbonyl (C=O) groups is 1. The number of benzene rings is 1. The fraction of sp³-hybridized carbons (Fsp3) is 0.464. The van der Waals surface area contributed by atoms with E-state index in [1.54, 1.807) is 12.1 Å². The number of carbonyl (C=O) groups excluding carboxylic acids is 1. The number of allylic oxidation sites excluding steroid dienone is 7. The quantitative estimate of drug-likeness (QED) is 0.150. The number of hydrogen-bond donors (Lipinski definition) is 0. The maximum atomic E-state index is 12.1. The Bertz CT molecular complexity index is 881. The van der Waals surface area contributed by atoms with Gasteiger partial charge in [-0.3, -0.25) is 4.79 Å². The van der Waals surface area contributed by atoms with Gasteiger partial charge in [0.15, 0.2) is 0 Å². The van der Waals surface area contributed by atoms with Crippen LogP contribution >= 0.6 is 34.8 Å². The SMILES string of the molecule is CC(C)=CCC/C(C)=C/CC/C(C)=C/CC/C(C)=C/COC(=O)Cc1cc(Cl)c(Cl)c(Cl)c1. The molecule has 1 aromatic rings. The van der Waals surface area contributed by atoms with Crippen LogP contribution in [0.5, 0.6) is 0 Å². The molecule has 0 saturated heterocycles. The van der Waals surface area contributed by atoms with Gasteiger partial charge < -0.3 is 4.74 Å². The van der Waals surface area contributed by atoms with Crippen molar-refractivity contribution in [1.82, 2.24) is 0 Å². The number of esters is 1. The van der Waals surface area contributed by atoms with Crippen molar-refractivity contribution >= 4 is 40.8 Å². The largest absolute Gasteiger partial charge is 0.461 e. The predicted octanol–water partition coefficient (Wildman–Crippen LogP) is 9.88. The van der Waals surface area contributed by atoms with Crippen LogP contribution in [0.2, 0.25) is 15.1 Å². The smallest absolute Gasteiger partial charge is 0.310 e. The van der Waals surface area contributed by atoms with Gasteiger partial charge in [0.1, 0.15) is 6.61 Å². The summed E-state index contributed by atoms with van der Waals surface area (Å²) in [6, 6.07) is 3.27. The van der Waals surface area contributed by atoms with E-state index in [1.807, 2.05) is 6.08 Å². The summed E-state index contributed by atoms with van der Waals surface area (Å²) >= 11 is 17.9. The summed E-state index contributed by atoms with van der Waals surface area (Å²) in [5, 5.41) is 0.952. The average molecular weight is 512 g/mol. The van der Waals surface area contributed by atoms with Crippen molar-refractivity contribution in [3.63, 3.8) is 0 Å². The molecular formula is C28H37Cl3O2. The van der Waals surface area contributed by atoms with E-state index in [1.165, 1.54) is 22.3 Å². The first-order chi connectivity index (χ1) is 15.6. The van der Waals surface area contributed by atoms with E-state index >= 15 is 0 Å². The minimum absolute atomic E-state index is 0.105. The fourth-order valence-electron chi connectivity index (χ4n) is 3.19. The second-order valence-electron chi connectivity index (χ2n) is 8.78. The number of hydrogen-bond acceptors (Lipinski definition) is 2. The molecule has 0 radical (unpaired) electrons. The summed E-state index contributed by atoms with van der Waals surface area (Å²) in [6.07, 6.45) is 15.4. The van der Waals surface area contributed by atoms with E-state index in [2.05, 4.69) is 52.8 Å². The van der Waals surface area contributed by atoms with Gasteiger partial charge >= 0.3 is 5.97 Å². The molecular weight excluding hydrogens is 475 g/mol. The number of halogens is 3. The zero-order valence-electron chi connectivity index (χ0n) is 20.6. The topological polar surface area (TPSA) is 26.3 Å². The Morgan fingerprint density at radius 3 is 1.70 bits per heavy atom. The Morgan fingerprint density at radius 1 is 0.758 bits per heavy atom. The lowest BCUT2D eigenvalue weighted by atomic mass is 10.0. The molecule has 0 bridgehead atoms. The van der Waals surface area contributed by atoms with E-state index in [0.717, 1.165) is 38.5 Å². The van der Waals surface area contributed by atoms with E-state index in [0.29, 0.717) is 20.6 Å². The standard InChI is InChI=1S/C28H37Cl3O2/c1-20(2)9-6-10-21(3)11-7-12-22(4)13-8-14-23(5)15-16-33-27(32)19-24-17-25(29)28(31)26(30)18-24/h9,11,13,15,17-18H,6-8,10,12,14,16,19H2,1-5H3/b21-11+,22-13+,23-15+. The van der Waals surface area contributed by atoms with Crippen molar-refractivity contribution in [1.29, 1.82) is 0 Å². The molecule has 0 unspecified atom stereocenters. The summed E-state index contributed by atoms with van der Waals surface area (Å²) in [5.41, 5.74) is 6.16. The molecule has 0 fully saturated rings. The Labute approximate surface area is 215 Å². The van der Waals surface area contributed by atoms with Crippen LogP contribution in [0.3, 0.4) is 0 Å². The monoisotopic (exact) mass is 510 g/mol. The fourth-order valence-corrected chi connectivity index (χ4v) is 3.83. The molecule has 5 heteroatoms. The molecule has 33 heavy (non-hydrogen) atoms. The molecule has 0 aromatic heterocycles. The van der Waals surface area contributed by atoms with Crippen LogP contribution in [-0.2, 0) is 16.0 Å². The number of ether oxygens (including phenoxy) is 1. The summed E-state index contributed by atoms with van der Waals surface area (Å²) < 4.78 is 5.31. The highest BCUT2D eigenvalue weighted by Crippen LogP contribution is 2.31. The average Bonchev–Trinajstić information content (AvgIpc) is 2.71. The predicted molar refractivity (Wildman–Crippen MR) is 145 cm³/mol. The van der Waals surface area contributed by atoms with Gasteiger partial charge in [-0.05, 0) is 96.9 Å². The van der Waals surface area contributed by atoms with Gasteiger partial charge in [0.05, 0.1) is 21.5 Å². The molecule has 0 saturated carbocycles. The lowest BCUT2D eigenvalue weighted by molar-refractivity contribution is -0.141. The van der Waals surface area contributed by atoms with Crippen LogP contribution in [0.1, 0.15) is 78.7 Å². The molecule has 0 aliphatic heterocycles. The molecule has 0 atom stereocenters. The van der Waals surface area contributed by atoms with Crippen molar-refractivity contribution in [3.8, 4) is 0 Å². The second-order valence-corrected chi connectivity index (χ2v) is 9.97. The van der Waals surface area contributed by atoms with Gasteiger partial charge in [0.2, 0.25) is 0 Å². The third-order valence-electron chi connectivity index (χ3n) is 5.22. The normalized spacial score (nSPS) is 12.7. The Morgan fingerprint density at radius 2 is 1.21 bits per heavy atom. The van der Waals surface area contributed by atoms with Gasteiger partial charge in [-0.1, -0.05) is 75.3 Å². The molecule has 0 aliphatic carbocycles. The molecule has 2 nitrogen and oxygen atoms in total. The molecule has 0 heterocycles. The van der Waals surface area contributed by atoms with Crippen molar-refractivity contribution in [3.05, 3.63) is 79.4 Å². The molecule has 1 rings (SSSR count). The molecule has 182 valence electrons. The first kappa shape index (κ1) is 29.6. The van der Waals surface area contributed by atoms with Gasteiger partial charge in [-0.2, -0.15) is 0 Å². The Balaban J connectivity index is 2.31. The first-order valence-corrected chi connectivity index (χ1v) is 12.6. The van der Waals surface area contributed by atoms with Gasteiger partial charge in [-0.15, -0.1) is 0 Å².